The van der Waals surface area contributed by atoms with Gasteiger partial charge in [-0.25, -0.2) is 24.9 Å². The van der Waals surface area contributed by atoms with Gasteiger partial charge in [-0.15, -0.1) is 0 Å². The van der Waals surface area contributed by atoms with Crippen molar-refractivity contribution < 1.29 is 19.5 Å². The molecule has 0 saturated carbocycles. The van der Waals surface area contributed by atoms with Crippen molar-refractivity contribution in [1.82, 2.24) is 25.2 Å². The van der Waals surface area contributed by atoms with E-state index in [9.17, 15) is 19.6 Å². The molecule has 2 heterocycles. The molecule has 0 fully saturated rings. The molecule has 0 aliphatic rings. The summed E-state index contributed by atoms with van der Waals surface area (Å²) in [5, 5.41) is 26.4. The topological polar surface area (TPSA) is 153 Å². The lowest BCUT2D eigenvalue weighted by atomic mass is 10.0. The number of hydrogen-bond acceptors (Lipinski definition) is 6. The van der Waals surface area contributed by atoms with E-state index in [4.69, 9.17) is 16.7 Å². The van der Waals surface area contributed by atoms with Gasteiger partial charge in [0.15, 0.2) is 5.82 Å². The highest BCUT2D eigenvalue weighted by Gasteiger charge is 2.25. The van der Waals surface area contributed by atoms with Gasteiger partial charge in [-0.05, 0) is 59.6 Å². The van der Waals surface area contributed by atoms with Crippen LogP contribution in [0.4, 0.5) is 10.5 Å². The normalized spacial score (nSPS) is 10.3. The highest BCUT2D eigenvalue weighted by Crippen LogP contribution is 2.27. The van der Waals surface area contributed by atoms with Gasteiger partial charge < -0.3 is 10.4 Å². The fraction of sp³-hybridized carbons (Fsp3) is 0.143. The van der Waals surface area contributed by atoms with Crippen molar-refractivity contribution in [3.8, 4) is 11.9 Å². The lowest BCUT2D eigenvalue weighted by molar-refractivity contribution is 0.0661. The predicted molar refractivity (Wildman–Crippen MR) is 126 cm³/mol. The summed E-state index contributed by atoms with van der Waals surface area (Å²) < 4.78 is 1.59. The van der Waals surface area contributed by atoms with E-state index in [1.807, 2.05) is 11.5 Å². The van der Waals surface area contributed by atoms with Crippen molar-refractivity contribution in [2.24, 2.45) is 0 Å². The van der Waals surface area contributed by atoms with E-state index >= 15 is 0 Å². The summed E-state index contributed by atoms with van der Waals surface area (Å²) in [6.07, 6.45) is 0.0596. The van der Waals surface area contributed by atoms with Crippen LogP contribution >= 0.6 is 27.5 Å². The Morgan fingerprint density at radius 1 is 1.32 bits per heavy atom. The van der Waals surface area contributed by atoms with E-state index < -0.39 is 17.9 Å². The van der Waals surface area contributed by atoms with Crippen LogP contribution in [0, 0.1) is 18.3 Å². The quantitative estimate of drug-likeness (QED) is 0.412. The second-order valence-corrected chi connectivity index (χ2v) is 8.04. The lowest BCUT2D eigenvalue weighted by Crippen LogP contribution is -2.45. The zero-order valence-electron chi connectivity index (χ0n) is 17.8. The summed E-state index contributed by atoms with van der Waals surface area (Å²) in [6.45, 7) is 3.18. The summed E-state index contributed by atoms with van der Waals surface area (Å²) in [5.74, 6) is -1.17. The minimum atomic E-state index is -1.44. The standard InChI is InChI=1S/C21H17BrClN7O4/c1-3-29(28-21(33)34)20(32)13-8-12(10-24)7-11(2)17(13)26-19(31)15-9-16(22)27-30(15)18-14(23)5-4-6-25-18/h4-9,28H,3H2,1-2H3,(H,26,31)(H,33,34). The van der Waals surface area contributed by atoms with E-state index in [1.165, 1.54) is 29.1 Å². The van der Waals surface area contributed by atoms with Crippen molar-refractivity contribution in [3.63, 3.8) is 0 Å². The van der Waals surface area contributed by atoms with Gasteiger partial charge in [0, 0.05) is 18.8 Å². The number of hydrogen-bond donors (Lipinski definition) is 3. The molecule has 3 amide bonds. The van der Waals surface area contributed by atoms with E-state index in [0.29, 0.717) is 10.2 Å². The third kappa shape index (κ3) is 5.16. The van der Waals surface area contributed by atoms with Gasteiger partial charge >= 0.3 is 6.09 Å². The molecule has 3 aromatic rings. The molecule has 174 valence electrons. The molecule has 11 nitrogen and oxygen atoms in total. The van der Waals surface area contributed by atoms with Crippen molar-refractivity contribution in [3.05, 3.63) is 68.5 Å². The van der Waals surface area contributed by atoms with E-state index in [2.05, 4.69) is 31.3 Å². The Balaban J connectivity index is 2.07. The number of carbonyl (C=O) groups is 3. The van der Waals surface area contributed by atoms with E-state index in [0.717, 1.165) is 5.01 Å². The first-order chi connectivity index (χ1) is 16.2. The van der Waals surface area contributed by atoms with Gasteiger partial charge in [0.25, 0.3) is 11.8 Å². The first-order valence-electron chi connectivity index (χ1n) is 9.70. The molecule has 0 atom stereocenters. The maximum absolute atomic E-state index is 13.3. The Morgan fingerprint density at radius 2 is 2.06 bits per heavy atom. The lowest BCUT2D eigenvalue weighted by Gasteiger charge is -2.22. The molecular formula is C21H17BrClN7O4. The van der Waals surface area contributed by atoms with Gasteiger partial charge in [0.1, 0.15) is 10.3 Å². The van der Waals surface area contributed by atoms with Crippen molar-refractivity contribution >= 4 is 51.1 Å². The number of rotatable bonds is 5. The van der Waals surface area contributed by atoms with E-state index in [1.54, 1.807) is 26.0 Å². The molecule has 0 unspecified atom stereocenters. The molecule has 2 aromatic heterocycles. The number of nitrogens with one attached hydrogen (secondary N) is 2. The fourth-order valence-electron chi connectivity index (χ4n) is 3.11. The van der Waals surface area contributed by atoms with Crippen LogP contribution in [0.25, 0.3) is 5.82 Å². The molecule has 0 radical (unpaired) electrons. The highest BCUT2D eigenvalue weighted by atomic mass is 79.9. The largest absolute Gasteiger partial charge is 0.464 e. The van der Waals surface area contributed by atoms with Crippen LogP contribution in [0.3, 0.4) is 0 Å². The molecule has 0 bridgehead atoms. The number of carboxylic acid groups (broad SMARTS) is 1. The number of anilines is 1. The number of hydrazine groups is 1. The first-order valence-corrected chi connectivity index (χ1v) is 10.9. The third-order valence-electron chi connectivity index (χ3n) is 4.58. The van der Waals surface area contributed by atoms with Gasteiger partial charge in [-0.2, -0.15) is 10.4 Å². The number of aromatic nitrogens is 3. The summed E-state index contributed by atoms with van der Waals surface area (Å²) in [7, 11) is 0. The predicted octanol–water partition coefficient (Wildman–Crippen LogP) is 3.76. The summed E-state index contributed by atoms with van der Waals surface area (Å²) in [6, 6.07) is 9.40. The molecular weight excluding hydrogens is 530 g/mol. The minimum Gasteiger partial charge on any atom is -0.464 e. The molecule has 1 aromatic carbocycles. The molecule has 0 aliphatic carbocycles. The number of amides is 3. The Morgan fingerprint density at radius 3 is 2.68 bits per heavy atom. The number of aryl methyl sites for hydroxylation is 1. The number of benzene rings is 1. The second-order valence-electron chi connectivity index (χ2n) is 6.82. The van der Waals surface area contributed by atoms with Crippen LogP contribution < -0.4 is 10.7 Å². The van der Waals surface area contributed by atoms with Crippen LogP contribution in [-0.4, -0.2) is 49.3 Å². The number of halogens is 2. The number of carbonyl (C=O) groups excluding carboxylic acids is 2. The van der Waals surface area contributed by atoms with E-state index in [-0.39, 0.29) is 39.9 Å². The van der Waals surface area contributed by atoms with Gasteiger partial charge in [-0.1, -0.05) is 11.6 Å². The zero-order valence-corrected chi connectivity index (χ0v) is 20.2. The van der Waals surface area contributed by atoms with Crippen molar-refractivity contribution in [1.29, 1.82) is 5.26 Å². The smallest absolute Gasteiger partial charge is 0.423 e. The van der Waals surface area contributed by atoms with Crippen LogP contribution in [0.1, 0.15) is 38.9 Å². The maximum Gasteiger partial charge on any atom is 0.423 e. The average Bonchev–Trinajstić information content (AvgIpc) is 3.19. The number of nitriles is 1. The number of nitrogens with zero attached hydrogens (tertiary/aromatic N) is 5. The number of pyridine rings is 1. The van der Waals surface area contributed by atoms with Gasteiger partial charge in [0.05, 0.1) is 27.9 Å². The van der Waals surface area contributed by atoms with Crippen LogP contribution in [0.2, 0.25) is 5.02 Å². The summed E-state index contributed by atoms with van der Waals surface area (Å²) in [5.41, 5.74) is 2.68. The molecule has 0 spiro atoms. The SMILES string of the molecule is CCN(NC(=O)O)C(=O)c1cc(C#N)cc(C)c1NC(=O)c1cc(Br)nn1-c1ncccc1Cl. The average molecular weight is 547 g/mol. The monoisotopic (exact) mass is 545 g/mol. The molecule has 0 aliphatic heterocycles. The Hall–Kier alpha value is -3.95. The zero-order chi connectivity index (χ0) is 25.0. The molecule has 3 rings (SSSR count). The summed E-state index contributed by atoms with van der Waals surface area (Å²) >= 11 is 9.45. The van der Waals surface area contributed by atoms with Crippen LogP contribution in [0.15, 0.2) is 41.1 Å². The molecule has 3 N–H and O–H groups in total. The fourth-order valence-corrected chi connectivity index (χ4v) is 3.68. The van der Waals surface area contributed by atoms with Gasteiger partial charge in [-0.3, -0.25) is 9.59 Å². The van der Waals surface area contributed by atoms with Gasteiger partial charge in [0.2, 0.25) is 0 Å². The minimum absolute atomic E-state index is 0.00619. The Bertz CT molecular complexity index is 1340. The Labute approximate surface area is 207 Å². The van der Waals surface area contributed by atoms with Crippen LogP contribution in [-0.2, 0) is 0 Å². The van der Waals surface area contributed by atoms with Crippen molar-refractivity contribution in [2.75, 3.05) is 11.9 Å². The maximum atomic E-state index is 13.3. The van der Waals surface area contributed by atoms with Crippen molar-refractivity contribution in [2.45, 2.75) is 13.8 Å². The van der Waals surface area contributed by atoms with Crippen LogP contribution in [0.5, 0.6) is 0 Å². The first kappa shape index (κ1) is 24.7. The molecule has 13 heteroatoms. The third-order valence-corrected chi connectivity index (χ3v) is 5.26. The molecule has 34 heavy (non-hydrogen) atoms. The molecule has 0 saturated heterocycles. The highest BCUT2D eigenvalue weighted by molar-refractivity contribution is 9.10. The second kappa shape index (κ2) is 10.3. The Kier molecular flexibility index (Phi) is 7.50. The summed E-state index contributed by atoms with van der Waals surface area (Å²) in [4.78, 5) is 41.6.